The molecule has 1 unspecified atom stereocenters. The van der Waals surface area contributed by atoms with Crippen LogP contribution in [0, 0.1) is 12.8 Å². The highest BCUT2D eigenvalue weighted by atomic mass is 32.1. The zero-order valence-electron chi connectivity index (χ0n) is 11.4. The number of amides is 1. The van der Waals surface area contributed by atoms with Crippen LogP contribution in [-0.4, -0.2) is 32.6 Å². The van der Waals surface area contributed by atoms with Gasteiger partial charge in [-0.15, -0.1) is 5.10 Å². The number of hydrogen-bond donors (Lipinski definition) is 3. The monoisotopic (exact) mass is 297 g/mol. The summed E-state index contributed by atoms with van der Waals surface area (Å²) in [7, 11) is 0. The highest BCUT2D eigenvalue weighted by molar-refractivity contribution is 7.08. The number of oxime groups is 1. The molecule has 1 aliphatic carbocycles. The molecule has 1 amide bonds. The Morgan fingerprint density at radius 2 is 2.20 bits per heavy atom. The summed E-state index contributed by atoms with van der Waals surface area (Å²) in [5.74, 6) is 0.00448. The van der Waals surface area contributed by atoms with Crippen molar-refractivity contribution in [1.82, 2.24) is 14.9 Å². The van der Waals surface area contributed by atoms with Gasteiger partial charge >= 0.3 is 0 Å². The van der Waals surface area contributed by atoms with E-state index in [1.807, 2.05) is 0 Å². The Morgan fingerprint density at radius 3 is 2.75 bits per heavy atom. The molecule has 1 aromatic rings. The molecule has 0 aromatic carbocycles. The minimum Gasteiger partial charge on any atom is -0.409 e. The molecule has 110 valence electrons. The predicted octanol–water partition coefficient (Wildman–Crippen LogP) is 1.27. The highest BCUT2D eigenvalue weighted by Gasteiger charge is 2.29. The van der Waals surface area contributed by atoms with Crippen LogP contribution < -0.4 is 11.1 Å². The van der Waals surface area contributed by atoms with E-state index in [-0.39, 0.29) is 17.7 Å². The Morgan fingerprint density at radius 1 is 1.50 bits per heavy atom. The fourth-order valence-corrected chi connectivity index (χ4v) is 3.17. The molecule has 0 radical (unpaired) electrons. The van der Waals surface area contributed by atoms with Gasteiger partial charge in [0.05, 0.1) is 11.7 Å². The lowest BCUT2D eigenvalue weighted by Crippen LogP contribution is -2.49. The number of hydrogen-bond acceptors (Lipinski definition) is 6. The minimum atomic E-state index is -0.436. The Balaban J connectivity index is 2.11. The van der Waals surface area contributed by atoms with E-state index in [2.05, 4.69) is 20.1 Å². The largest absolute Gasteiger partial charge is 0.409 e. The standard InChI is InChI=1S/C12H19N5O2S/c1-7-10(20-17-15-7)12(18)14-9(11(13)16-19)8-5-3-2-4-6-8/h8-9,19H,2-6H2,1H3,(H2,13,16)(H,14,18). The van der Waals surface area contributed by atoms with E-state index < -0.39 is 6.04 Å². The van der Waals surface area contributed by atoms with Gasteiger partial charge in [0, 0.05) is 0 Å². The summed E-state index contributed by atoms with van der Waals surface area (Å²) >= 11 is 1.05. The maximum Gasteiger partial charge on any atom is 0.265 e. The highest BCUT2D eigenvalue weighted by Crippen LogP contribution is 2.27. The lowest BCUT2D eigenvalue weighted by Gasteiger charge is -2.29. The number of carbonyl (C=O) groups is 1. The molecule has 1 fully saturated rings. The first-order chi connectivity index (χ1) is 9.63. The molecule has 1 heterocycles. The first kappa shape index (κ1) is 14.7. The van der Waals surface area contributed by atoms with Gasteiger partial charge in [-0.3, -0.25) is 4.79 Å². The first-order valence-corrected chi connectivity index (χ1v) is 7.48. The van der Waals surface area contributed by atoms with Crippen LogP contribution in [-0.2, 0) is 0 Å². The zero-order valence-corrected chi connectivity index (χ0v) is 12.2. The summed E-state index contributed by atoms with van der Waals surface area (Å²) in [5.41, 5.74) is 6.34. The molecule has 0 aliphatic heterocycles. The predicted molar refractivity (Wildman–Crippen MR) is 75.9 cm³/mol. The van der Waals surface area contributed by atoms with E-state index in [0.717, 1.165) is 37.2 Å². The van der Waals surface area contributed by atoms with E-state index in [9.17, 15) is 4.79 Å². The summed E-state index contributed by atoms with van der Waals surface area (Å²) < 4.78 is 3.75. The fourth-order valence-electron chi connectivity index (χ4n) is 2.61. The molecule has 0 bridgehead atoms. The minimum absolute atomic E-state index is 0.0559. The third-order valence-electron chi connectivity index (χ3n) is 3.70. The Labute approximate surface area is 121 Å². The van der Waals surface area contributed by atoms with Gasteiger partial charge in [0.15, 0.2) is 5.84 Å². The van der Waals surface area contributed by atoms with Crippen LogP contribution in [0.5, 0.6) is 0 Å². The van der Waals surface area contributed by atoms with Crippen molar-refractivity contribution in [3.63, 3.8) is 0 Å². The van der Waals surface area contributed by atoms with E-state index in [1.54, 1.807) is 6.92 Å². The second-order valence-corrected chi connectivity index (χ2v) is 5.82. The van der Waals surface area contributed by atoms with Crippen molar-refractivity contribution in [1.29, 1.82) is 0 Å². The van der Waals surface area contributed by atoms with E-state index >= 15 is 0 Å². The maximum absolute atomic E-state index is 12.2. The molecule has 8 heteroatoms. The molecule has 1 atom stereocenters. The average molecular weight is 297 g/mol. The Kier molecular flexibility index (Phi) is 4.89. The van der Waals surface area contributed by atoms with Crippen molar-refractivity contribution in [3.05, 3.63) is 10.6 Å². The third-order valence-corrected chi connectivity index (χ3v) is 4.53. The number of nitrogens with zero attached hydrogens (tertiary/aromatic N) is 3. The molecule has 1 saturated carbocycles. The zero-order chi connectivity index (χ0) is 14.5. The SMILES string of the molecule is Cc1nnsc1C(=O)NC(C(N)=NO)C1CCCCC1. The van der Waals surface area contributed by atoms with Crippen LogP contribution >= 0.6 is 11.5 Å². The number of carbonyl (C=O) groups excluding carboxylic acids is 1. The number of aryl methyl sites for hydroxylation is 1. The smallest absolute Gasteiger partial charge is 0.265 e. The normalized spacial score (nSPS) is 18.8. The molecule has 1 aliphatic rings. The number of aromatic nitrogens is 2. The molecular weight excluding hydrogens is 278 g/mol. The van der Waals surface area contributed by atoms with E-state index in [4.69, 9.17) is 10.9 Å². The van der Waals surface area contributed by atoms with Crippen LogP contribution in [0.4, 0.5) is 0 Å². The summed E-state index contributed by atoms with van der Waals surface area (Å²) in [4.78, 5) is 12.7. The van der Waals surface area contributed by atoms with Gasteiger partial charge < -0.3 is 16.3 Å². The Bertz CT molecular complexity index is 496. The van der Waals surface area contributed by atoms with Gasteiger partial charge in [-0.2, -0.15) is 0 Å². The van der Waals surface area contributed by atoms with Crippen LogP contribution in [0.1, 0.15) is 47.5 Å². The van der Waals surface area contributed by atoms with Gasteiger partial charge in [-0.25, -0.2) is 0 Å². The van der Waals surface area contributed by atoms with Crippen LogP contribution in [0.15, 0.2) is 5.16 Å². The summed E-state index contributed by atoms with van der Waals surface area (Å²) in [6, 6.07) is -0.436. The fraction of sp³-hybridized carbons (Fsp3) is 0.667. The van der Waals surface area contributed by atoms with Gasteiger partial charge in [0.25, 0.3) is 5.91 Å². The van der Waals surface area contributed by atoms with Gasteiger partial charge in [-0.1, -0.05) is 28.9 Å². The van der Waals surface area contributed by atoms with Gasteiger partial charge in [0.1, 0.15) is 4.88 Å². The van der Waals surface area contributed by atoms with Crippen LogP contribution in [0.3, 0.4) is 0 Å². The van der Waals surface area contributed by atoms with Crippen molar-refractivity contribution in [3.8, 4) is 0 Å². The summed E-state index contributed by atoms with van der Waals surface area (Å²) in [6.45, 7) is 1.73. The lowest BCUT2D eigenvalue weighted by molar-refractivity contribution is 0.0934. The van der Waals surface area contributed by atoms with Crippen molar-refractivity contribution >= 4 is 23.3 Å². The first-order valence-electron chi connectivity index (χ1n) is 6.70. The quantitative estimate of drug-likeness (QED) is 0.335. The maximum atomic E-state index is 12.2. The second-order valence-electron chi connectivity index (χ2n) is 5.06. The number of amidine groups is 1. The summed E-state index contributed by atoms with van der Waals surface area (Å²) in [5, 5.41) is 18.7. The molecule has 7 nitrogen and oxygen atoms in total. The van der Waals surface area contributed by atoms with Gasteiger partial charge in [-0.05, 0) is 37.2 Å². The van der Waals surface area contributed by atoms with Crippen molar-refractivity contribution in [2.75, 3.05) is 0 Å². The molecular formula is C12H19N5O2S. The molecule has 0 spiro atoms. The second kappa shape index (κ2) is 6.65. The van der Waals surface area contributed by atoms with Gasteiger partial charge in [0.2, 0.25) is 0 Å². The molecule has 20 heavy (non-hydrogen) atoms. The van der Waals surface area contributed by atoms with Crippen molar-refractivity contribution in [2.24, 2.45) is 16.8 Å². The van der Waals surface area contributed by atoms with Crippen LogP contribution in [0.25, 0.3) is 0 Å². The third kappa shape index (κ3) is 3.24. The number of nitrogens with two attached hydrogens (primary N) is 1. The average Bonchev–Trinajstić information content (AvgIpc) is 2.91. The van der Waals surface area contributed by atoms with Crippen LogP contribution in [0.2, 0.25) is 0 Å². The Hall–Kier alpha value is -1.70. The number of rotatable bonds is 4. The summed E-state index contributed by atoms with van der Waals surface area (Å²) in [6.07, 6.45) is 5.36. The van der Waals surface area contributed by atoms with Crippen molar-refractivity contribution < 1.29 is 10.0 Å². The van der Waals surface area contributed by atoms with E-state index in [0.29, 0.717) is 10.6 Å². The molecule has 1 aromatic heterocycles. The number of nitrogens with one attached hydrogen (secondary N) is 1. The molecule has 2 rings (SSSR count). The topological polar surface area (TPSA) is 113 Å². The molecule has 4 N–H and O–H groups in total. The van der Waals surface area contributed by atoms with E-state index in [1.165, 1.54) is 6.42 Å². The molecule has 0 saturated heterocycles. The lowest BCUT2D eigenvalue weighted by atomic mass is 9.83. The van der Waals surface area contributed by atoms with Crippen molar-refractivity contribution in [2.45, 2.75) is 45.1 Å².